The number of aliphatic hydroxyl groups is 1. The molecule has 3 N–H and O–H groups in total. The first kappa shape index (κ1) is 16.3. The Morgan fingerprint density at radius 3 is 2.45 bits per heavy atom. The van der Waals surface area contributed by atoms with Crippen LogP contribution in [-0.4, -0.2) is 37.3 Å². The predicted molar refractivity (Wildman–Crippen MR) is 82.2 cm³/mol. The summed E-state index contributed by atoms with van der Waals surface area (Å²) in [6.45, 7) is 7.21. The molecule has 1 unspecified atom stereocenters. The summed E-state index contributed by atoms with van der Waals surface area (Å²) in [5.74, 6) is 1.49. The molecule has 0 saturated carbocycles. The lowest BCUT2D eigenvalue weighted by molar-refractivity contribution is 0.187. The van der Waals surface area contributed by atoms with Gasteiger partial charge in [0.1, 0.15) is 5.75 Å². The third-order valence-electron chi connectivity index (χ3n) is 2.69. The van der Waals surface area contributed by atoms with Crippen molar-refractivity contribution in [1.29, 1.82) is 0 Å². The number of hydrogen-bond donors (Lipinski definition) is 3. The van der Waals surface area contributed by atoms with Crippen molar-refractivity contribution in [3.8, 4) is 5.75 Å². The lowest BCUT2D eigenvalue weighted by Gasteiger charge is -2.15. The van der Waals surface area contributed by atoms with E-state index in [1.165, 1.54) is 0 Å². The third kappa shape index (κ3) is 5.48. The zero-order valence-electron chi connectivity index (χ0n) is 12.7. The van der Waals surface area contributed by atoms with Gasteiger partial charge in [0.25, 0.3) is 0 Å². The molecule has 0 aromatic heterocycles. The van der Waals surface area contributed by atoms with Gasteiger partial charge in [-0.2, -0.15) is 0 Å². The molecule has 0 aliphatic rings. The zero-order valence-corrected chi connectivity index (χ0v) is 12.7. The van der Waals surface area contributed by atoms with Crippen LogP contribution in [0.2, 0.25) is 0 Å². The minimum absolute atomic E-state index is 0.297. The number of aliphatic imine (C=N–C) groups is 1. The van der Waals surface area contributed by atoms with Crippen LogP contribution in [0.15, 0.2) is 29.3 Å². The number of methoxy groups -OCH3 is 1. The molecule has 112 valence electrons. The molecule has 0 spiro atoms. The summed E-state index contributed by atoms with van der Waals surface area (Å²) >= 11 is 0. The Hall–Kier alpha value is -1.75. The highest BCUT2D eigenvalue weighted by Gasteiger charge is 2.08. The summed E-state index contributed by atoms with van der Waals surface area (Å²) in [4.78, 5) is 4.39. The summed E-state index contributed by atoms with van der Waals surface area (Å²) in [6, 6.07) is 7.66. The number of hydrogen-bond acceptors (Lipinski definition) is 3. The standard InChI is InChI=1S/C15H25N3O2/c1-5-16-15(18-11(2)3)17-10-14(19)12-6-8-13(20-4)9-7-12/h6-9,11,14,19H,5,10H2,1-4H3,(H2,16,17,18). The van der Waals surface area contributed by atoms with Crippen LogP contribution in [0.3, 0.4) is 0 Å². The minimum atomic E-state index is -0.622. The second-order valence-electron chi connectivity index (χ2n) is 4.81. The van der Waals surface area contributed by atoms with Crippen molar-refractivity contribution in [3.05, 3.63) is 29.8 Å². The number of aliphatic hydroxyl groups excluding tert-OH is 1. The van der Waals surface area contributed by atoms with E-state index in [0.29, 0.717) is 12.6 Å². The molecule has 1 aromatic carbocycles. The summed E-state index contributed by atoms with van der Waals surface area (Å²) in [7, 11) is 1.62. The second kappa shape index (κ2) is 8.43. The van der Waals surface area contributed by atoms with Crippen molar-refractivity contribution in [1.82, 2.24) is 10.6 Å². The molecule has 0 saturated heterocycles. The first-order chi connectivity index (χ1) is 9.56. The van der Waals surface area contributed by atoms with E-state index < -0.39 is 6.10 Å². The molecule has 20 heavy (non-hydrogen) atoms. The van der Waals surface area contributed by atoms with Crippen molar-refractivity contribution in [2.75, 3.05) is 20.2 Å². The Balaban J connectivity index is 2.64. The molecule has 0 bridgehead atoms. The smallest absolute Gasteiger partial charge is 0.191 e. The molecule has 5 nitrogen and oxygen atoms in total. The van der Waals surface area contributed by atoms with Crippen LogP contribution >= 0.6 is 0 Å². The zero-order chi connectivity index (χ0) is 15.0. The molecule has 0 amide bonds. The van der Waals surface area contributed by atoms with Gasteiger partial charge in [0.05, 0.1) is 19.8 Å². The lowest BCUT2D eigenvalue weighted by atomic mass is 10.1. The van der Waals surface area contributed by atoms with Gasteiger partial charge in [0, 0.05) is 12.6 Å². The molecule has 0 aliphatic carbocycles. The van der Waals surface area contributed by atoms with Crippen LogP contribution < -0.4 is 15.4 Å². The highest BCUT2D eigenvalue weighted by atomic mass is 16.5. The highest BCUT2D eigenvalue weighted by Crippen LogP contribution is 2.17. The van der Waals surface area contributed by atoms with Gasteiger partial charge in [-0.05, 0) is 38.5 Å². The van der Waals surface area contributed by atoms with Crippen molar-refractivity contribution in [2.45, 2.75) is 32.9 Å². The molecule has 5 heteroatoms. The van der Waals surface area contributed by atoms with Gasteiger partial charge in [-0.3, -0.25) is 4.99 Å². The SMILES string of the molecule is CCNC(=NCC(O)c1ccc(OC)cc1)NC(C)C. The van der Waals surface area contributed by atoms with E-state index in [1.807, 2.05) is 45.0 Å². The van der Waals surface area contributed by atoms with Gasteiger partial charge in [-0.1, -0.05) is 12.1 Å². The molecule has 0 fully saturated rings. The number of nitrogens with zero attached hydrogens (tertiary/aromatic N) is 1. The van der Waals surface area contributed by atoms with Crippen LogP contribution in [0.1, 0.15) is 32.4 Å². The van der Waals surface area contributed by atoms with E-state index >= 15 is 0 Å². The number of nitrogens with one attached hydrogen (secondary N) is 2. The summed E-state index contributed by atoms with van der Waals surface area (Å²) in [5.41, 5.74) is 0.829. The molecule has 1 atom stereocenters. The Bertz CT molecular complexity index is 416. The first-order valence-corrected chi connectivity index (χ1v) is 6.93. The number of rotatable bonds is 6. The van der Waals surface area contributed by atoms with E-state index in [-0.39, 0.29) is 0 Å². The van der Waals surface area contributed by atoms with Gasteiger partial charge in [-0.15, -0.1) is 0 Å². The fraction of sp³-hybridized carbons (Fsp3) is 0.533. The number of ether oxygens (including phenoxy) is 1. The monoisotopic (exact) mass is 279 g/mol. The summed E-state index contributed by atoms with van der Waals surface area (Å²) in [5, 5.41) is 16.5. The van der Waals surface area contributed by atoms with Crippen molar-refractivity contribution in [2.24, 2.45) is 4.99 Å². The maximum absolute atomic E-state index is 10.1. The van der Waals surface area contributed by atoms with E-state index in [9.17, 15) is 5.11 Å². The lowest BCUT2D eigenvalue weighted by Crippen LogP contribution is -2.41. The average molecular weight is 279 g/mol. The van der Waals surface area contributed by atoms with Gasteiger partial charge in [-0.25, -0.2) is 0 Å². The fourth-order valence-electron chi connectivity index (χ4n) is 1.70. The van der Waals surface area contributed by atoms with E-state index in [2.05, 4.69) is 15.6 Å². The largest absolute Gasteiger partial charge is 0.497 e. The molecule has 0 heterocycles. The Morgan fingerprint density at radius 1 is 1.30 bits per heavy atom. The van der Waals surface area contributed by atoms with Crippen molar-refractivity contribution >= 4 is 5.96 Å². The normalized spacial score (nSPS) is 13.2. The number of benzene rings is 1. The van der Waals surface area contributed by atoms with Gasteiger partial charge >= 0.3 is 0 Å². The first-order valence-electron chi connectivity index (χ1n) is 6.93. The average Bonchev–Trinajstić information content (AvgIpc) is 2.44. The quantitative estimate of drug-likeness (QED) is 0.548. The second-order valence-corrected chi connectivity index (χ2v) is 4.81. The predicted octanol–water partition coefficient (Wildman–Crippen LogP) is 1.69. The van der Waals surface area contributed by atoms with Crippen LogP contribution in [-0.2, 0) is 0 Å². The highest BCUT2D eigenvalue weighted by molar-refractivity contribution is 5.80. The van der Waals surface area contributed by atoms with Crippen LogP contribution in [0.25, 0.3) is 0 Å². The molecular weight excluding hydrogens is 254 g/mol. The molecule has 1 rings (SSSR count). The van der Waals surface area contributed by atoms with Crippen LogP contribution in [0, 0.1) is 0 Å². The van der Waals surface area contributed by atoms with Crippen molar-refractivity contribution in [3.63, 3.8) is 0 Å². The number of guanidine groups is 1. The van der Waals surface area contributed by atoms with Crippen molar-refractivity contribution < 1.29 is 9.84 Å². The molecule has 1 aromatic rings. The fourth-order valence-corrected chi connectivity index (χ4v) is 1.70. The Labute approximate surface area is 121 Å². The Kier molecular flexibility index (Phi) is 6.87. The summed E-state index contributed by atoms with van der Waals surface area (Å²) < 4.78 is 5.09. The van der Waals surface area contributed by atoms with Gasteiger partial charge in [0.15, 0.2) is 5.96 Å². The maximum atomic E-state index is 10.1. The summed E-state index contributed by atoms with van der Waals surface area (Å²) in [6.07, 6.45) is -0.622. The van der Waals surface area contributed by atoms with Crippen LogP contribution in [0.4, 0.5) is 0 Å². The third-order valence-corrected chi connectivity index (χ3v) is 2.69. The van der Waals surface area contributed by atoms with Gasteiger partial charge in [0.2, 0.25) is 0 Å². The maximum Gasteiger partial charge on any atom is 0.191 e. The van der Waals surface area contributed by atoms with E-state index in [0.717, 1.165) is 23.8 Å². The topological polar surface area (TPSA) is 65.9 Å². The molecule has 0 radical (unpaired) electrons. The van der Waals surface area contributed by atoms with Crippen LogP contribution in [0.5, 0.6) is 5.75 Å². The molecule has 0 aliphatic heterocycles. The molecular formula is C15H25N3O2. The van der Waals surface area contributed by atoms with Gasteiger partial charge < -0.3 is 20.5 Å². The Morgan fingerprint density at radius 2 is 1.95 bits per heavy atom. The van der Waals surface area contributed by atoms with E-state index in [4.69, 9.17) is 4.74 Å². The minimum Gasteiger partial charge on any atom is -0.497 e. The van der Waals surface area contributed by atoms with E-state index in [1.54, 1.807) is 7.11 Å².